The molecule has 0 aliphatic rings. The number of amides is 1. The largest absolute Gasteiger partial charge is 0.493 e. The Morgan fingerprint density at radius 2 is 1.93 bits per heavy atom. The van der Waals surface area contributed by atoms with Crippen LogP contribution in [0.15, 0.2) is 36.4 Å². The summed E-state index contributed by atoms with van der Waals surface area (Å²) in [5.41, 5.74) is 3.71. The van der Waals surface area contributed by atoms with Crippen LogP contribution in [0.1, 0.15) is 36.5 Å². The third-order valence-corrected chi connectivity index (χ3v) is 4.36. The average molecular weight is 366 g/mol. The lowest BCUT2D eigenvalue weighted by Gasteiger charge is -2.23. The molecule has 2 aromatic carbocycles. The molecule has 0 aliphatic carbocycles. The van der Waals surface area contributed by atoms with Gasteiger partial charge in [-0.05, 0) is 56.5 Å². The predicted molar refractivity (Wildman–Crippen MR) is 106 cm³/mol. The Bertz CT molecular complexity index is 840. The number of anilines is 1. The summed E-state index contributed by atoms with van der Waals surface area (Å²) in [4.78, 5) is 14.5. The van der Waals surface area contributed by atoms with Crippen LogP contribution >= 0.6 is 0 Å². The second kappa shape index (κ2) is 9.63. The Balaban J connectivity index is 1.94. The van der Waals surface area contributed by atoms with Crippen molar-refractivity contribution >= 4 is 11.6 Å². The number of benzene rings is 2. The molecule has 5 heteroatoms. The van der Waals surface area contributed by atoms with Crippen LogP contribution in [0.25, 0.3) is 0 Å². The van der Waals surface area contributed by atoms with Crippen LogP contribution in [0.5, 0.6) is 11.5 Å². The molecule has 0 bridgehead atoms. The lowest BCUT2D eigenvalue weighted by atomic mass is 10.1. The van der Waals surface area contributed by atoms with Gasteiger partial charge in [0.2, 0.25) is 5.91 Å². The minimum atomic E-state index is 0.0848. The smallest absolute Gasteiger partial charge is 0.227 e. The van der Waals surface area contributed by atoms with Crippen molar-refractivity contribution in [3.8, 4) is 17.6 Å². The zero-order valence-electron chi connectivity index (χ0n) is 16.4. The number of carbonyl (C=O) groups is 1. The summed E-state index contributed by atoms with van der Waals surface area (Å²) in [7, 11) is 1.54. The van der Waals surface area contributed by atoms with Crippen LogP contribution in [0.3, 0.4) is 0 Å². The Morgan fingerprint density at radius 3 is 2.59 bits per heavy atom. The van der Waals surface area contributed by atoms with Gasteiger partial charge >= 0.3 is 0 Å². The molecule has 0 aliphatic heterocycles. The normalized spacial score (nSPS) is 10.2. The summed E-state index contributed by atoms with van der Waals surface area (Å²) < 4.78 is 11.0. The van der Waals surface area contributed by atoms with Gasteiger partial charge in [0, 0.05) is 24.7 Å². The quantitative estimate of drug-likeness (QED) is 0.650. The van der Waals surface area contributed by atoms with E-state index in [9.17, 15) is 4.79 Å². The lowest BCUT2D eigenvalue weighted by molar-refractivity contribution is -0.118. The number of nitrogens with zero attached hydrogens (tertiary/aromatic N) is 2. The molecular weight excluding hydrogens is 340 g/mol. The second-order valence-electron chi connectivity index (χ2n) is 6.36. The van der Waals surface area contributed by atoms with Gasteiger partial charge in [0.05, 0.1) is 25.3 Å². The maximum absolute atomic E-state index is 12.7. The lowest BCUT2D eigenvalue weighted by Crippen LogP contribution is -2.31. The predicted octanol–water partition coefficient (Wildman–Crippen LogP) is 4.40. The Labute approximate surface area is 161 Å². The molecule has 0 saturated carbocycles. The van der Waals surface area contributed by atoms with E-state index in [1.54, 1.807) is 18.2 Å². The first kappa shape index (κ1) is 20.3. The molecule has 142 valence electrons. The summed E-state index contributed by atoms with van der Waals surface area (Å²) in [5.74, 6) is 1.18. The molecular formula is C22H26N2O3. The van der Waals surface area contributed by atoms with E-state index in [1.165, 1.54) is 7.11 Å². The minimum absolute atomic E-state index is 0.0848. The molecule has 0 N–H and O–H groups in total. The summed E-state index contributed by atoms with van der Waals surface area (Å²) >= 11 is 0. The highest BCUT2D eigenvalue weighted by Gasteiger charge is 2.16. The van der Waals surface area contributed by atoms with Gasteiger partial charge in [0.1, 0.15) is 0 Å². The van der Waals surface area contributed by atoms with Crippen LogP contribution in [-0.2, 0) is 4.79 Å². The van der Waals surface area contributed by atoms with Crippen molar-refractivity contribution < 1.29 is 14.3 Å². The van der Waals surface area contributed by atoms with E-state index < -0.39 is 0 Å². The maximum atomic E-state index is 12.7. The molecule has 0 aromatic heterocycles. The molecule has 2 aromatic rings. The van der Waals surface area contributed by atoms with E-state index >= 15 is 0 Å². The Morgan fingerprint density at radius 1 is 1.15 bits per heavy atom. The van der Waals surface area contributed by atoms with Crippen LogP contribution in [0.2, 0.25) is 0 Å². The van der Waals surface area contributed by atoms with Crippen molar-refractivity contribution in [3.05, 3.63) is 53.1 Å². The highest BCUT2D eigenvalue weighted by Crippen LogP contribution is 2.28. The average Bonchev–Trinajstić information content (AvgIpc) is 2.68. The summed E-state index contributed by atoms with van der Waals surface area (Å²) in [6.07, 6.45) is 1.00. The molecule has 0 heterocycles. The van der Waals surface area contributed by atoms with Crippen molar-refractivity contribution in [2.45, 2.75) is 33.6 Å². The molecule has 2 rings (SSSR count). The van der Waals surface area contributed by atoms with Gasteiger partial charge < -0.3 is 14.4 Å². The molecule has 0 radical (unpaired) electrons. The van der Waals surface area contributed by atoms with Crippen LogP contribution in [-0.4, -0.2) is 26.2 Å². The van der Waals surface area contributed by atoms with E-state index in [2.05, 4.69) is 18.2 Å². The van der Waals surface area contributed by atoms with Gasteiger partial charge in [0.25, 0.3) is 0 Å². The van der Waals surface area contributed by atoms with E-state index in [4.69, 9.17) is 14.7 Å². The summed E-state index contributed by atoms with van der Waals surface area (Å²) in [5, 5.41) is 8.94. The van der Waals surface area contributed by atoms with E-state index in [1.807, 2.05) is 31.7 Å². The van der Waals surface area contributed by atoms with Gasteiger partial charge in [-0.15, -0.1) is 0 Å². The Hall–Kier alpha value is -3.00. The van der Waals surface area contributed by atoms with Gasteiger partial charge in [0.15, 0.2) is 11.5 Å². The van der Waals surface area contributed by atoms with Crippen molar-refractivity contribution in [3.63, 3.8) is 0 Å². The SMILES string of the molecule is CCN(C(=O)CCCOc1ccc(C#N)cc1OC)c1cc(C)ccc1C. The number of aryl methyl sites for hydroxylation is 2. The number of methoxy groups -OCH3 is 1. The molecule has 5 nitrogen and oxygen atoms in total. The van der Waals surface area contributed by atoms with Gasteiger partial charge in [-0.1, -0.05) is 12.1 Å². The zero-order valence-corrected chi connectivity index (χ0v) is 16.4. The molecule has 1 amide bonds. The van der Waals surface area contributed by atoms with Crippen molar-refractivity contribution in [1.82, 2.24) is 0 Å². The molecule has 0 unspecified atom stereocenters. The third kappa shape index (κ3) is 5.24. The molecule has 27 heavy (non-hydrogen) atoms. The van der Waals surface area contributed by atoms with E-state index in [0.29, 0.717) is 43.1 Å². The van der Waals surface area contributed by atoms with E-state index in [0.717, 1.165) is 16.8 Å². The zero-order chi connectivity index (χ0) is 19.8. The van der Waals surface area contributed by atoms with Crippen LogP contribution < -0.4 is 14.4 Å². The fraction of sp³-hybridized carbons (Fsp3) is 0.364. The van der Waals surface area contributed by atoms with Crippen molar-refractivity contribution in [2.24, 2.45) is 0 Å². The first-order valence-electron chi connectivity index (χ1n) is 9.08. The number of rotatable bonds is 8. The fourth-order valence-electron chi connectivity index (χ4n) is 2.89. The van der Waals surface area contributed by atoms with Crippen molar-refractivity contribution in [1.29, 1.82) is 5.26 Å². The van der Waals surface area contributed by atoms with E-state index in [-0.39, 0.29) is 5.91 Å². The monoisotopic (exact) mass is 366 g/mol. The standard InChI is InChI=1S/C22H26N2O3/c1-5-24(19-13-16(2)8-9-17(19)3)22(25)7-6-12-27-20-11-10-18(15-23)14-21(20)26-4/h8-11,13-14H,5-7,12H2,1-4H3. The molecule has 0 spiro atoms. The van der Waals surface area contributed by atoms with Gasteiger partial charge in [-0.2, -0.15) is 5.26 Å². The minimum Gasteiger partial charge on any atom is -0.493 e. The number of carbonyl (C=O) groups excluding carboxylic acids is 1. The van der Waals surface area contributed by atoms with Gasteiger partial charge in [-0.3, -0.25) is 4.79 Å². The molecule has 0 saturated heterocycles. The number of hydrogen-bond acceptors (Lipinski definition) is 4. The molecule has 0 atom stereocenters. The van der Waals surface area contributed by atoms with Crippen LogP contribution in [0, 0.1) is 25.2 Å². The summed E-state index contributed by atoms with van der Waals surface area (Å²) in [6, 6.07) is 13.3. The fourth-order valence-corrected chi connectivity index (χ4v) is 2.89. The topological polar surface area (TPSA) is 62.6 Å². The highest BCUT2D eigenvalue weighted by molar-refractivity contribution is 5.94. The number of hydrogen-bond donors (Lipinski definition) is 0. The number of nitriles is 1. The highest BCUT2D eigenvalue weighted by atomic mass is 16.5. The van der Waals surface area contributed by atoms with Gasteiger partial charge in [-0.25, -0.2) is 0 Å². The maximum Gasteiger partial charge on any atom is 0.227 e. The third-order valence-electron chi connectivity index (χ3n) is 4.36. The summed E-state index contributed by atoms with van der Waals surface area (Å²) in [6.45, 7) is 7.06. The van der Waals surface area contributed by atoms with Crippen LogP contribution in [0.4, 0.5) is 5.69 Å². The first-order valence-corrected chi connectivity index (χ1v) is 9.08. The van der Waals surface area contributed by atoms with Crippen molar-refractivity contribution in [2.75, 3.05) is 25.2 Å². The Kier molecular flexibility index (Phi) is 7.25. The first-order chi connectivity index (χ1) is 13.0. The second-order valence-corrected chi connectivity index (χ2v) is 6.36. The number of ether oxygens (including phenoxy) is 2. The molecule has 0 fully saturated rings.